The van der Waals surface area contributed by atoms with Crippen molar-refractivity contribution in [2.75, 3.05) is 0 Å². The molecule has 0 heterocycles. The number of aryl methyl sites for hydroxylation is 1. The van der Waals surface area contributed by atoms with Gasteiger partial charge in [0.25, 0.3) is 0 Å². The van der Waals surface area contributed by atoms with E-state index in [1.165, 1.54) is 27.5 Å². The van der Waals surface area contributed by atoms with E-state index < -0.39 is 0 Å². The van der Waals surface area contributed by atoms with Crippen molar-refractivity contribution in [3.05, 3.63) is 60.0 Å². The highest BCUT2D eigenvalue weighted by molar-refractivity contribution is 6.01. The van der Waals surface area contributed by atoms with Crippen molar-refractivity contribution < 1.29 is 1.43 Å². The molecule has 0 nitrogen and oxygen atoms in total. The fourth-order valence-corrected chi connectivity index (χ4v) is 1.88. The molecule has 0 aromatic heterocycles. The molecule has 0 atom stereocenters. The second kappa shape index (κ2) is 4.52. The largest absolute Gasteiger partial charge is 0.0716 e. The minimum atomic E-state index is 0. The minimum Gasteiger partial charge on any atom is -0.0716 e. The van der Waals surface area contributed by atoms with Crippen LogP contribution in [0, 0.1) is 13.3 Å². The molecule has 1 radical (unpaired) electrons. The first-order chi connectivity index (χ1) is 7.84. The molecule has 0 spiro atoms. The molecular formula is C16H19. The van der Waals surface area contributed by atoms with E-state index in [2.05, 4.69) is 55.8 Å². The molecule has 2 aromatic rings. The van der Waals surface area contributed by atoms with Crippen molar-refractivity contribution in [1.82, 2.24) is 0 Å². The van der Waals surface area contributed by atoms with Gasteiger partial charge in [0.05, 0.1) is 0 Å². The van der Waals surface area contributed by atoms with Gasteiger partial charge in [0.15, 0.2) is 0 Å². The molecule has 0 bridgehead atoms. The van der Waals surface area contributed by atoms with Gasteiger partial charge in [-0.15, -0.1) is 0 Å². The molecule has 1 aliphatic rings. The van der Waals surface area contributed by atoms with Gasteiger partial charge in [-0.2, -0.15) is 0 Å². The Hall–Kier alpha value is -1.56. The van der Waals surface area contributed by atoms with Gasteiger partial charge in [0.2, 0.25) is 0 Å². The molecule has 3 rings (SSSR count). The van der Waals surface area contributed by atoms with E-state index in [1.54, 1.807) is 0 Å². The van der Waals surface area contributed by atoms with E-state index in [1.807, 2.05) is 13.8 Å². The highest BCUT2D eigenvalue weighted by Gasteiger charge is 2.12. The number of fused-ring (bicyclic) bond motifs is 1. The Bertz CT molecular complexity index is 538. The lowest BCUT2D eigenvalue weighted by atomic mass is 10.0. The van der Waals surface area contributed by atoms with Crippen LogP contribution in [0.5, 0.6) is 0 Å². The van der Waals surface area contributed by atoms with Gasteiger partial charge < -0.3 is 0 Å². The highest BCUT2D eigenvalue weighted by Crippen LogP contribution is 2.34. The number of hydrogen-bond acceptors (Lipinski definition) is 0. The van der Waals surface area contributed by atoms with E-state index in [4.69, 9.17) is 0 Å². The second-order valence-electron chi connectivity index (χ2n) is 3.82. The monoisotopic (exact) mass is 211 g/mol. The summed E-state index contributed by atoms with van der Waals surface area (Å²) in [7, 11) is 0. The maximum atomic E-state index is 2.24. The van der Waals surface area contributed by atoms with Crippen LogP contribution < -0.4 is 0 Å². The summed E-state index contributed by atoms with van der Waals surface area (Å²) in [4.78, 5) is 0. The third kappa shape index (κ3) is 2.01. The van der Waals surface area contributed by atoms with Crippen LogP contribution in [0.15, 0.2) is 42.5 Å². The zero-order chi connectivity index (χ0) is 11.5. The van der Waals surface area contributed by atoms with Crippen LogP contribution in [0.3, 0.4) is 0 Å². The number of rotatable bonds is 1. The zero-order valence-electron chi connectivity index (χ0n) is 10.1. The van der Waals surface area contributed by atoms with Crippen molar-refractivity contribution in [3.63, 3.8) is 0 Å². The molecule has 0 aliphatic heterocycles. The molecule has 0 fully saturated rings. The van der Waals surface area contributed by atoms with E-state index in [-0.39, 0.29) is 1.43 Å². The normalized spacial score (nSPS) is 12.8. The topological polar surface area (TPSA) is 0 Å². The summed E-state index contributed by atoms with van der Waals surface area (Å²) < 4.78 is 0. The lowest BCUT2D eigenvalue weighted by Gasteiger charge is -2.03. The Morgan fingerprint density at radius 3 is 2.44 bits per heavy atom. The van der Waals surface area contributed by atoms with Crippen LogP contribution >= 0.6 is 0 Å². The van der Waals surface area contributed by atoms with Crippen LogP contribution in [0.1, 0.15) is 26.4 Å². The second-order valence-corrected chi connectivity index (χ2v) is 3.82. The molecule has 0 amide bonds. The first-order valence-electron chi connectivity index (χ1n) is 5.89. The fraction of sp³-hybridized carbons (Fsp3) is 0.188. The predicted molar refractivity (Wildman–Crippen MR) is 74.4 cm³/mol. The summed E-state index contributed by atoms with van der Waals surface area (Å²) in [5, 5.41) is 2.70. The van der Waals surface area contributed by atoms with E-state index in [0.29, 0.717) is 0 Å². The van der Waals surface area contributed by atoms with E-state index in [9.17, 15) is 0 Å². The van der Waals surface area contributed by atoms with Crippen molar-refractivity contribution >= 4 is 16.3 Å². The van der Waals surface area contributed by atoms with Crippen LogP contribution in [0.2, 0.25) is 0 Å². The number of allylic oxidation sites excluding steroid dienone is 2. The van der Waals surface area contributed by atoms with Crippen LogP contribution in [-0.4, -0.2) is 0 Å². The molecule has 0 N–H and O–H groups in total. The van der Waals surface area contributed by atoms with Crippen molar-refractivity contribution in [3.8, 4) is 0 Å². The lowest BCUT2D eigenvalue weighted by Crippen LogP contribution is -1.80. The van der Waals surface area contributed by atoms with E-state index >= 15 is 0 Å². The summed E-state index contributed by atoms with van der Waals surface area (Å²) in [5.41, 5.74) is 4.06. The van der Waals surface area contributed by atoms with Gasteiger partial charge >= 0.3 is 0 Å². The van der Waals surface area contributed by atoms with E-state index in [0.717, 1.165) is 0 Å². The van der Waals surface area contributed by atoms with Crippen molar-refractivity contribution in [2.24, 2.45) is 0 Å². The predicted octanol–water partition coefficient (Wildman–Crippen LogP) is 5.02. The molecular weight excluding hydrogens is 192 g/mol. The van der Waals surface area contributed by atoms with Gasteiger partial charge in [0.1, 0.15) is 0 Å². The molecule has 1 aliphatic carbocycles. The molecule has 0 saturated carbocycles. The first kappa shape index (κ1) is 10.9. The number of benzene rings is 2. The van der Waals surface area contributed by atoms with Gasteiger partial charge in [-0.25, -0.2) is 0 Å². The minimum absolute atomic E-state index is 0. The fourth-order valence-electron chi connectivity index (χ4n) is 1.88. The molecule has 0 saturated heterocycles. The smallest absolute Gasteiger partial charge is 0.0131 e. The average Bonchev–Trinajstić information content (AvgIpc) is 3.14. The quantitative estimate of drug-likeness (QED) is 0.621. The maximum Gasteiger partial charge on any atom is 0.0131 e. The lowest BCUT2D eigenvalue weighted by molar-refractivity contribution is 1.50. The van der Waals surface area contributed by atoms with Crippen LogP contribution in [0.4, 0.5) is 0 Å². The number of hydrogen-bond donors (Lipinski definition) is 0. The molecule has 16 heavy (non-hydrogen) atoms. The Labute approximate surface area is 99.1 Å². The van der Waals surface area contributed by atoms with Gasteiger partial charge in [-0.1, -0.05) is 61.9 Å². The SMILES string of the molecule is CC.Cc1ccc2c(C3=C[CH]3)cccc2c1.[HH]. The first-order valence-corrected chi connectivity index (χ1v) is 5.89. The Kier molecular flexibility index (Phi) is 3.09. The van der Waals surface area contributed by atoms with Crippen molar-refractivity contribution in [1.29, 1.82) is 0 Å². The van der Waals surface area contributed by atoms with Crippen LogP contribution in [-0.2, 0) is 0 Å². The third-order valence-corrected chi connectivity index (χ3v) is 2.68. The molecule has 2 aromatic carbocycles. The summed E-state index contributed by atoms with van der Waals surface area (Å²) in [6.45, 7) is 6.13. The van der Waals surface area contributed by atoms with Crippen molar-refractivity contribution in [2.45, 2.75) is 20.8 Å². The Balaban J connectivity index is 0.000000459. The summed E-state index contributed by atoms with van der Waals surface area (Å²) >= 11 is 0. The van der Waals surface area contributed by atoms with Gasteiger partial charge in [-0.05, 0) is 28.8 Å². The Morgan fingerprint density at radius 2 is 1.75 bits per heavy atom. The zero-order valence-corrected chi connectivity index (χ0v) is 10.1. The standard InChI is InChI=1S/C14H11.C2H6.H2/c1-10-5-8-14-12(9-10)3-2-4-13(14)11-6-7-11;1-2;/h2-9H,1H3;1-2H3;1H. The molecule has 0 unspecified atom stereocenters. The van der Waals surface area contributed by atoms with Gasteiger partial charge in [0, 0.05) is 7.85 Å². The third-order valence-electron chi connectivity index (χ3n) is 2.68. The van der Waals surface area contributed by atoms with Crippen LogP contribution in [0.25, 0.3) is 16.3 Å². The Morgan fingerprint density at radius 1 is 1.00 bits per heavy atom. The summed E-state index contributed by atoms with van der Waals surface area (Å²) in [5.74, 6) is 0. The maximum absolute atomic E-state index is 2.24. The molecule has 0 heteroatoms. The average molecular weight is 211 g/mol. The summed E-state index contributed by atoms with van der Waals surface area (Å²) in [6, 6.07) is 13.1. The molecule has 83 valence electrons. The summed E-state index contributed by atoms with van der Waals surface area (Å²) in [6.07, 6.45) is 4.32. The van der Waals surface area contributed by atoms with Gasteiger partial charge in [-0.3, -0.25) is 0 Å². The highest BCUT2D eigenvalue weighted by atomic mass is 14.2.